The van der Waals surface area contributed by atoms with Gasteiger partial charge in [0, 0.05) is 25.2 Å². The zero-order chi connectivity index (χ0) is 25.7. The Labute approximate surface area is 210 Å². The van der Waals surface area contributed by atoms with Crippen LogP contribution < -0.4 is 24.4 Å². The van der Waals surface area contributed by atoms with Crippen LogP contribution in [-0.2, 0) is 27.7 Å². The lowest BCUT2D eigenvalue weighted by Gasteiger charge is -2.25. The van der Waals surface area contributed by atoms with Crippen LogP contribution in [0.2, 0.25) is 0 Å². The van der Waals surface area contributed by atoms with E-state index in [2.05, 4.69) is 5.32 Å². The third-order valence-corrected chi connectivity index (χ3v) is 7.26. The summed E-state index contributed by atoms with van der Waals surface area (Å²) in [7, 11) is -2.57. The molecule has 2 N–H and O–H groups in total. The van der Waals surface area contributed by atoms with E-state index in [0.717, 1.165) is 5.56 Å². The van der Waals surface area contributed by atoms with Crippen molar-refractivity contribution in [1.29, 1.82) is 0 Å². The molecule has 0 aliphatic carbocycles. The van der Waals surface area contributed by atoms with Gasteiger partial charge >= 0.3 is 6.03 Å². The second-order valence-electron chi connectivity index (χ2n) is 8.22. The molecule has 0 radical (unpaired) electrons. The number of carbonyl (C=O) groups is 2. The minimum Gasteiger partial charge on any atom is -0.454 e. The number of ether oxygens (including phenoxy) is 2. The minimum absolute atomic E-state index is 0.0195. The molecule has 1 aliphatic rings. The first-order valence-electron chi connectivity index (χ1n) is 11.4. The number of aryl methyl sites for hydroxylation is 1. The number of anilines is 1. The van der Waals surface area contributed by atoms with Crippen LogP contribution in [0.4, 0.5) is 10.5 Å². The summed E-state index contributed by atoms with van der Waals surface area (Å²) in [5, 5.41) is 2.56. The lowest BCUT2D eigenvalue weighted by Crippen LogP contribution is -2.52. The summed E-state index contributed by atoms with van der Waals surface area (Å²) in [5.41, 5.74) is 1.92. The molecule has 0 bridgehead atoms. The molecule has 0 fully saturated rings. The van der Waals surface area contributed by atoms with Crippen molar-refractivity contribution in [2.45, 2.75) is 30.7 Å². The van der Waals surface area contributed by atoms with Gasteiger partial charge in [0.15, 0.2) is 11.5 Å². The molecule has 3 amide bonds. The van der Waals surface area contributed by atoms with Gasteiger partial charge in [-0.3, -0.25) is 4.79 Å². The van der Waals surface area contributed by atoms with Crippen LogP contribution in [0.5, 0.6) is 11.5 Å². The molecule has 1 heterocycles. The highest BCUT2D eigenvalue weighted by Gasteiger charge is 2.28. The number of sulfonamides is 1. The molecule has 36 heavy (non-hydrogen) atoms. The van der Waals surface area contributed by atoms with E-state index in [9.17, 15) is 18.0 Å². The van der Waals surface area contributed by atoms with Crippen LogP contribution in [0.15, 0.2) is 77.7 Å². The molecule has 9 nitrogen and oxygen atoms in total. The quantitative estimate of drug-likeness (QED) is 0.482. The minimum atomic E-state index is -4.14. The fourth-order valence-electron chi connectivity index (χ4n) is 3.93. The molecule has 0 aromatic heterocycles. The molecule has 3 aromatic carbocycles. The maximum Gasteiger partial charge on any atom is 0.329 e. The van der Waals surface area contributed by atoms with Crippen molar-refractivity contribution < 1.29 is 27.5 Å². The highest BCUT2D eigenvalue weighted by molar-refractivity contribution is 7.90. The zero-order valence-electron chi connectivity index (χ0n) is 19.9. The number of amides is 3. The van der Waals surface area contributed by atoms with Gasteiger partial charge < -0.3 is 19.7 Å². The highest BCUT2D eigenvalue weighted by Crippen LogP contribution is 2.35. The molecule has 0 saturated heterocycles. The van der Waals surface area contributed by atoms with Gasteiger partial charge in [-0.25, -0.2) is 17.9 Å². The molecule has 0 saturated carbocycles. The van der Waals surface area contributed by atoms with Crippen molar-refractivity contribution in [3.8, 4) is 11.5 Å². The molecule has 0 spiro atoms. The number of hydrogen-bond donors (Lipinski definition) is 2. The van der Waals surface area contributed by atoms with Crippen LogP contribution in [0, 0.1) is 0 Å². The van der Waals surface area contributed by atoms with E-state index in [1.165, 1.54) is 11.0 Å². The van der Waals surface area contributed by atoms with E-state index in [-0.39, 0.29) is 18.1 Å². The van der Waals surface area contributed by atoms with Crippen LogP contribution >= 0.6 is 0 Å². The van der Waals surface area contributed by atoms with E-state index in [4.69, 9.17) is 9.47 Å². The SMILES string of the molecule is CCc1ccccc1S(=O)(=O)NC(=O)N[C@@H](Cc1ccccc1)C(=O)N(C)c1ccc2c(c1)OCO2. The molecule has 4 rings (SSSR count). The van der Waals surface area contributed by atoms with E-state index in [1.54, 1.807) is 43.4 Å². The molecule has 3 aromatic rings. The molecule has 1 aliphatic heterocycles. The van der Waals surface area contributed by atoms with E-state index in [0.29, 0.717) is 29.2 Å². The van der Waals surface area contributed by atoms with Gasteiger partial charge in [-0.1, -0.05) is 55.5 Å². The first-order valence-corrected chi connectivity index (χ1v) is 12.9. The summed E-state index contributed by atoms with van der Waals surface area (Å²) in [6.07, 6.45) is 0.641. The normalized spacial score (nSPS) is 13.1. The summed E-state index contributed by atoms with van der Waals surface area (Å²) in [4.78, 5) is 27.7. The van der Waals surface area contributed by atoms with Gasteiger partial charge in [-0.15, -0.1) is 0 Å². The summed E-state index contributed by atoms with van der Waals surface area (Å²) in [5.74, 6) is 0.660. The highest BCUT2D eigenvalue weighted by atomic mass is 32.2. The second-order valence-corrected chi connectivity index (χ2v) is 9.87. The third kappa shape index (κ3) is 5.60. The number of hydrogen-bond acceptors (Lipinski definition) is 6. The molecular formula is C26H27N3O6S. The van der Waals surface area contributed by atoms with Crippen molar-refractivity contribution in [2.24, 2.45) is 0 Å². The van der Waals surface area contributed by atoms with Crippen molar-refractivity contribution in [1.82, 2.24) is 10.0 Å². The fourth-order valence-corrected chi connectivity index (χ4v) is 5.16. The Bertz CT molecular complexity index is 1360. The van der Waals surface area contributed by atoms with Crippen molar-refractivity contribution in [3.63, 3.8) is 0 Å². The Hall–Kier alpha value is -4.05. The molecule has 0 unspecified atom stereocenters. The average Bonchev–Trinajstić information content (AvgIpc) is 3.35. The monoisotopic (exact) mass is 509 g/mol. The standard InChI is InChI=1S/C26H27N3O6S/c1-3-19-11-7-8-12-24(19)36(32,33)28-26(31)27-21(15-18-9-5-4-6-10-18)25(30)29(2)20-13-14-22-23(16-20)35-17-34-22/h4-14,16,21H,3,15,17H2,1-2H3,(H2,27,28,31)/t21-/m0/s1. The molecular weight excluding hydrogens is 482 g/mol. The van der Waals surface area contributed by atoms with Gasteiger partial charge in [-0.05, 0) is 35.7 Å². The smallest absolute Gasteiger partial charge is 0.329 e. The predicted octanol–water partition coefficient (Wildman–Crippen LogP) is 3.24. The summed E-state index contributed by atoms with van der Waals surface area (Å²) >= 11 is 0. The van der Waals surface area contributed by atoms with Gasteiger partial charge in [0.05, 0.1) is 4.90 Å². The van der Waals surface area contributed by atoms with E-state index in [1.807, 2.05) is 42.0 Å². The van der Waals surface area contributed by atoms with Gasteiger partial charge in [-0.2, -0.15) is 0 Å². The first kappa shape index (κ1) is 25.1. The lowest BCUT2D eigenvalue weighted by molar-refractivity contribution is -0.120. The predicted molar refractivity (Wildman–Crippen MR) is 135 cm³/mol. The number of fused-ring (bicyclic) bond motifs is 1. The lowest BCUT2D eigenvalue weighted by atomic mass is 10.0. The maximum atomic E-state index is 13.5. The fraction of sp³-hybridized carbons (Fsp3) is 0.231. The Balaban J connectivity index is 1.55. The Kier molecular flexibility index (Phi) is 7.44. The van der Waals surface area contributed by atoms with Gasteiger partial charge in [0.1, 0.15) is 6.04 Å². The van der Waals surface area contributed by atoms with Crippen LogP contribution in [0.25, 0.3) is 0 Å². The molecule has 10 heteroatoms. The summed E-state index contributed by atoms with van der Waals surface area (Å²) in [6.45, 7) is 1.93. The first-order chi connectivity index (χ1) is 17.3. The summed E-state index contributed by atoms with van der Waals surface area (Å²) in [6, 6.07) is 18.6. The Morgan fingerprint density at radius 2 is 1.67 bits per heavy atom. The van der Waals surface area contributed by atoms with Gasteiger partial charge in [0.25, 0.3) is 10.0 Å². The molecule has 1 atom stereocenters. The second kappa shape index (κ2) is 10.7. The number of rotatable bonds is 8. The number of likely N-dealkylation sites (N-methyl/N-ethyl adjacent to an activating group) is 1. The van der Waals surface area contributed by atoms with Crippen LogP contribution in [0.3, 0.4) is 0 Å². The van der Waals surface area contributed by atoms with Crippen molar-refractivity contribution >= 4 is 27.6 Å². The van der Waals surface area contributed by atoms with Crippen LogP contribution in [0.1, 0.15) is 18.1 Å². The largest absolute Gasteiger partial charge is 0.454 e. The van der Waals surface area contributed by atoms with Crippen LogP contribution in [-0.4, -0.2) is 40.2 Å². The van der Waals surface area contributed by atoms with Gasteiger partial charge in [0.2, 0.25) is 12.7 Å². The maximum absolute atomic E-state index is 13.5. The van der Waals surface area contributed by atoms with E-state index < -0.39 is 28.0 Å². The molecule has 188 valence electrons. The number of benzene rings is 3. The zero-order valence-corrected chi connectivity index (χ0v) is 20.7. The Morgan fingerprint density at radius 3 is 2.42 bits per heavy atom. The Morgan fingerprint density at radius 1 is 0.972 bits per heavy atom. The summed E-state index contributed by atoms with van der Waals surface area (Å²) < 4.78 is 38.6. The topological polar surface area (TPSA) is 114 Å². The number of nitrogens with one attached hydrogen (secondary N) is 2. The van der Waals surface area contributed by atoms with E-state index >= 15 is 0 Å². The van der Waals surface area contributed by atoms with Crippen molar-refractivity contribution in [2.75, 3.05) is 18.7 Å². The number of nitrogens with zero attached hydrogens (tertiary/aromatic N) is 1. The average molecular weight is 510 g/mol. The number of carbonyl (C=O) groups excluding carboxylic acids is 2. The number of urea groups is 1. The van der Waals surface area contributed by atoms with Crippen molar-refractivity contribution in [3.05, 3.63) is 83.9 Å². The third-order valence-electron chi connectivity index (χ3n) is 5.83.